The van der Waals surface area contributed by atoms with Crippen LogP contribution >= 0.6 is 0 Å². The number of ketones is 2. The number of benzene rings is 2. The highest BCUT2D eigenvalue weighted by Gasteiger charge is 2.09. The molecule has 0 heterocycles. The Morgan fingerprint density at radius 1 is 0.905 bits per heavy atom. The fourth-order valence-electron chi connectivity index (χ4n) is 2.32. The second-order valence-corrected chi connectivity index (χ2v) is 5.09. The quantitative estimate of drug-likeness (QED) is 0.853. The van der Waals surface area contributed by atoms with Gasteiger partial charge in [0.25, 0.3) is 0 Å². The minimum Gasteiger partial charge on any atom is -0.316 e. The summed E-state index contributed by atoms with van der Waals surface area (Å²) in [6, 6.07) is 13.3. The van der Waals surface area contributed by atoms with Crippen LogP contribution in [0.25, 0.3) is 11.1 Å². The van der Waals surface area contributed by atoms with E-state index in [1.54, 1.807) is 13.8 Å². The van der Waals surface area contributed by atoms with Gasteiger partial charge in [0.05, 0.1) is 0 Å². The molecule has 1 N–H and O–H groups in total. The fourth-order valence-corrected chi connectivity index (χ4v) is 2.32. The minimum absolute atomic E-state index is 0.0592. The van der Waals surface area contributed by atoms with E-state index in [4.69, 9.17) is 0 Å². The van der Waals surface area contributed by atoms with Gasteiger partial charge in [-0.1, -0.05) is 36.4 Å². The molecule has 3 nitrogen and oxygen atoms in total. The number of carbonyl (C=O) groups is 2. The van der Waals surface area contributed by atoms with Crippen molar-refractivity contribution in [2.75, 3.05) is 7.05 Å². The molecule has 0 amide bonds. The van der Waals surface area contributed by atoms with Crippen LogP contribution in [-0.4, -0.2) is 18.6 Å². The van der Waals surface area contributed by atoms with E-state index in [-0.39, 0.29) is 11.6 Å². The summed E-state index contributed by atoms with van der Waals surface area (Å²) in [4.78, 5) is 22.8. The summed E-state index contributed by atoms with van der Waals surface area (Å²) in [5, 5.41) is 3.12. The molecule has 0 aliphatic heterocycles. The van der Waals surface area contributed by atoms with Crippen LogP contribution in [0.5, 0.6) is 0 Å². The van der Waals surface area contributed by atoms with Crippen LogP contribution in [0, 0.1) is 0 Å². The SMILES string of the molecule is CNCc1cc(C(C)=O)ccc1-c1ccc(C(C)=O)cc1. The van der Waals surface area contributed by atoms with Crippen LogP contribution in [0.2, 0.25) is 0 Å². The third-order valence-corrected chi connectivity index (χ3v) is 3.48. The summed E-state index contributed by atoms with van der Waals surface area (Å²) in [5.41, 5.74) is 4.60. The van der Waals surface area contributed by atoms with E-state index in [9.17, 15) is 9.59 Å². The van der Waals surface area contributed by atoms with Crippen LogP contribution in [0.4, 0.5) is 0 Å². The number of hydrogen-bond donors (Lipinski definition) is 1. The fraction of sp³-hybridized carbons (Fsp3) is 0.222. The molecule has 3 heteroatoms. The van der Waals surface area contributed by atoms with Crippen molar-refractivity contribution in [3.05, 3.63) is 59.2 Å². The molecule has 2 rings (SSSR count). The van der Waals surface area contributed by atoms with Gasteiger partial charge in [-0.2, -0.15) is 0 Å². The molecule has 0 atom stereocenters. The molecule has 0 aliphatic carbocycles. The Hall–Kier alpha value is -2.26. The maximum atomic E-state index is 11.5. The average Bonchev–Trinajstić information content (AvgIpc) is 2.47. The van der Waals surface area contributed by atoms with E-state index < -0.39 is 0 Å². The van der Waals surface area contributed by atoms with Gasteiger partial charge in [0.1, 0.15) is 0 Å². The van der Waals surface area contributed by atoms with Crippen molar-refractivity contribution in [3.63, 3.8) is 0 Å². The Morgan fingerprint density at radius 3 is 2.00 bits per heavy atom. The monoisotopic (exact) mass is 281 g/mol. The molecule has 2 aromatic rings. The van der Waals surface area contributed by atoms with Gasteiger partial charge in [0.15, 0.2) is 11.6 Å². The molecule has 2 aromatic carbocycles. The number of carbonyl (C=O) groups excluding carboxylic acids is 2. The van der Waals surface area contributed by atoms with Gasteiger partial charge in [-0.3, -0.25) is 9.59 Å². The molecule has 0 saturated heterocycles. The number of rotatable bonds is 5. The summed E-state index contributed by atoms with van der Waals surface area (Å²) in [6.07, 6.45) is 0. The molecular weight excluding hydrogens is 262 g/mol. The third kappa shape index (κ3) is 3.44. The van der Waals surface area contributed by atoms with Gasteiger partial charge >= 0.3 is 0 Å². The Labute approximate surface area is 125 Å². The van der Waals surface area contributed by atoms with Gasteiger partial charge < -0.3 is 5.32 Å². The minimum atomic E-state index is 0.0592. The van der Waals surface area contributed by atoms with Crippen molar-refractivity contribution in [2.45, 2.75) is 20.4 Å². The lowest BCUT2D eigenvalue weighted by atomic mass is 9.95. The van der Waals surface area contributed by atoms with Crippen molar-refractivity contribution in [3.8, 4) is 11.1 Å². The van der Waals surface area contributed by atoms with Crippen LogP contribution in [0.3, 0.4) is 0 Å². The third-order valence-electron chi connectivity index (χ3n) is 3.48. The van der Waals surface area contributed by atoms with Gasteiger partial charge in [-0.25, -0.2) is 0 Å². The Morgan fingerprint density at radius 2 is 1.48 bits per heavy atom. The lowest BCUT2D eigenvalue weighted by molar-refractivity contribution is 0.100. The second-order valence-electron chi connectivity index (χ2n) is 5.09. The lowest BCUT2D eigenvalue weighted by Crippen LogP contribution is -2.08. The molecule has 0 aromatic heterocycles. The Balaban J connectivity index is 2.46. The Bertz CT molecular complexity index is 672. The molecule has 0 bridgehead atoms. The molecule has 0 saturated carbocycles. The van der Waals surface area contributed by atoms with Crippen molar-refractivity contribution >= 4 is 11.6 Å². The van der Waals surface area contributed by atoms with E-state index in [1.807, 2.05) is 49.5 Å². The first kappa shape index (κ1) is 15.1. The largest absolute Gasteiger partial charge is 0.316 e. The highest BCUT2D eigenvalue weighted by Crippen LogP contribution is 2.25. The van der Waals surface area contributed by atoms with E-state index in [2.05, 4.69) is 5.32 Å². The van der Waals surface area contributed by atoms with Crippen molar-refractivity contribution in [1.82, 2.24) is 5.32 Å². The van der Waals surface area contributed by atoms with Crippen molar-refractivity contribution in [2.24, 2.45) is 0 Å². The summed E-state index contributed by atoms with van der Waals surface area (Å²) < 4.78 is 0. The van der Waals surface area contributed by atoms with E-state index in [0.717, 1.165) is 16.7 Å². The molecule has 0 radical (unpaired) electrons. The van der Waals surface area contributed by atoms with Crippen molar-refractivity contribution in [1.29, 1.82) is 0 Å². The predicted octanol–water partition coefficient (Wildman–Crippen LogP) is 3.48. The first-order chi connectivity index (χ1) is 10.0. The van der Waals surface area contributed by atoms with E-state index >= 15 is 0 Å². The zero-order chi connectivity index (χ0) is 15.4. The topological polar surface area (TPSA) is 46.2 Å². The zero-order valence-electron chi connectivity index (χ0n) is 12.6. The lowest BCUT2D eigenvalue weighted by Gasteiger charge is -2.11. The van der Waals surface area contributed by atoms with Crippen LogP contribution in [-0.2, 0) is 6.54 Å². The summed E-state index contributed by atoms with van der Waals surface area (Å²) in [5.74, 6) is 0.120. The first-order valence-corrected chi connectivity index (χ1v) is 6.92. The molecular formula is C18H19NO2. The maximum absolute atomic E-state index is 11.5. The van der Waals surface area contributed by atoms with Crippen LogP contribution in [0.1, 0.15) is 40.1 Å². The van der Waals surface area contributed by atoms with Gasteiger partial charge in [-0.05, 0) is 43.7 Å². The van der Waals surface area contributed by atoms with Gasteiger partial charge in [0.2, 0.25) is 0 Å². The summed E-state index contributed by atoms with van der Waals surface area (Å²) in [6.45, 7) is 3.81. The van der Waals surface area contributed by atoms with Crippen LogP contribution < -0.4 is 5.32 Å². The smallest absolute Gasteiger partial charge is 0.159 e. The molecule has 0 spiro atoms. The highest BCUT2D eigenvalue weighted by molar-refractivity contribution is 5.96. The van der Waals surface area contributed by atoms with Crippen LogP contribution in [0.15, 0.2) is 42.5 Å². The van der Waals surface area contributed by atoms with Crippen molar-refractivity contribution < 1.29 is 9.59 Å². The number of nitrogens with one attached hydrogen (secondary N) is 1. The normalized spacial score (nSPS) is 10.4. The number of hydrogen-bond acceptors (Lipinski definition) is 3. The molecule has 0 aliphatic rings. The maximum Gasteiger partial charge on any atom is 0.159 e. The van der Waals surface area contributed by atoms with Gasteiger partial charge in [-0.15, -0.1) is 0 Å². The summed E-state index contributed by atoms with van der Waals surface area (Å²) >= 11 is 0. The van der Waals surface area contributed by atoms with E-state index in [1.165, 1.54) is 0 Å². The average molecular weight is 281 g/mol. The number of Topliss-reactive ketones (excluding diaryl/α,β-unsaturated/α-hetero) is 2. The molecule has 21 heavy (non-hydrogen) atoms. The van der Waals surface area contributed by atoms with E-state index in [0.29, 0.717) is 17.7 Å². The second kappa shape index (κ2) is 6.46. The standard InChI is InChI=1S/C18H19NO2/c1-12(20)14-4-6-15(7-5-14)18-9-8-16(13(2)21)10-17(18)11-19-3/h4-10,19H,11H2,1-3H3. The Kier molecular flexibility index (Phi) is 4.66. The predicted molar refractivity (Wildman–Crippen MR) is 84.7 cm³/mol. The van der Waals surface area contributed by atoms with Gasteiger partial charge in [0, 0.05) is 17.7 Å². The molecule has 108 valence electrons. The highest BCUT2D eigenvalue weighted by atomic mass is 16.1. The molecule has 0 unspecified atom stereocenters. The molecule has 0 fully saturated rings. The summed E-state index contributed by atoms with van der Waals surface area (Å²) in [7, 11) is 1.88. The first-order valence-electron chi connectivity index (χ1n) is 6.92. The zero-order valence-corrected chi connectivity index (χ0v) is 12.6.